The molecule has 0 aliphatic heterocycles. The third-order valence-electron chi connectivity index (χ3n) is 1.78. The molecule has 0 aliphatic carbocycles. The number of hydrogen-bond donors (Lipinski definition) is 2. The lowest BCUT2D eigenvalue weighted by molar-refractivity contribution is 1.06. The molecule has 0 spiro atoms. The van der Waals surface area contributed by atoms with Gasteiger partial charge < -0.3 is 5.73 Å². The van der Waals surface area contributed by atoms with Gasteiger partial charge in [0, 0.05) is 11.9 Å². The van der Waals surface area contributed by atoms with Crippen LogP contribution in [0.5, 0.6) is 0 Å². The summed E-state index contributed by atoms with van der Waals surface area (Å²) in [5, 5.41) is 7.96. The number of hydrogen-bond acceptors (Lipinski definition) is 2. The summed E-state index contributed by atoms with van der Waals surface area (Å²) in [5.74, 6) is 0. The van der Waals surface area contributed by atoms with E-state index in [4.69, 9.17) is 5.73 Å². The van der Waals surface area contributed by atoms with E-state index in [1.165, 1.54) is 0 Å². The fourth-order valence-electron chi connectivity index (χ4n) is 1.20. The molecule has 0 amide bonds. The molecule has 0 atom stereocenters. The first-order valence-corrected chi connectivity index (χ1v) is 3.53. The van der Waals surface area contributed by atoms with Gasteiger partial charge in [-0.3, -0.25) is 5.10 Å². The van der Waals surface area contributed by atoms with Crippen LogP contribution in [0.15, 0.2) is 24.4 Å². The number of fused-ring (bicyclic) bond motifs is 1. The van der Waals surface area contributed by atoms with Crippen LogP contribution in [0, 0.1) is 0 Å². The fourth-order valence-corrected chi connectivity index (χ4v) is 1.20. The molecule has 0 aliphatic rings. The quantitative estimate of drug-likeness (QED) is 0.632. The maximum Gasteiger partial charge on any atom is 0.0695 e. The number of nitrogens with one attached hydrogen (secondary N) is 1. The summed E-state index contributed by atoms with van der Waals surface area (Å²) < 4.78 is 0. The highest BCUT2D eigenvalue weighted by Gasteiger charge is 1.98. The third-order valence-corrected chi connectivity index (χ3v) is 1.78. The Kier molecular flexibility index (Phi) is 1.36. The van der Waals surface area contributed by atoms with Crippen molar-refractivity contribution in [1.82, 2.24) is 10.2 Å². The minimum absolute atomic E-state index is 0.555. The molecule has 11 heavy (non-hydrogen) atoms. The Morgan fingerprint density at radius 3 is 3.18 bits per heavy atom. The van der Waals surface area contributed by atoms with Gasteiger partial charge in [0.05, 0.1) is 11.7 Å². The Labute approximate surface area is 64.2 Å². The molecule has 0 radical (unpaired) electrons. The van der Waals surface area contributed by atoms with Gasteiger partial charge >= 0.3 is 0 Å². The number of H-pyrrole nitrogens is 1. The van der Waals surface area contributed by atoms with Crippen LogP contribution in [0.4, 0.5) is 0 Å². The predicted molar refractivity (Wildman–Crippen MR) is 44.0 cm³/mol. The summed E-state index contributed by atoms with van der Waals surface area (Å²) in [6, 6.07) is 6.00. The fraction of sp³-hybridized carbons (Fsp3) is 0.125. The molecule has 2 aromatic rings. The molecule has 0 saturated heterocycles. The topological polar surface area (TPSA) is 54.7 Å². The van der Waals surface area contributed by atoms with Crippen molar-refractivity contribution < 1.29 is 0 Å². The summed E-state index contributed by atoms with van der Waals surface area (Å²) in [5.41, 5.74) is 7.69. The summed E-state index contributed by atoms with van der Waals surface area (Å²) >= 11 is 0. The number of rotatable bonds is 1. The second kappa shape index (κ2) is 2.36. The van der Waals surface area contributed by atoms with E-state index in [0.717, 1.165) is 16.5 Å². The SMILES string of the molecule is NCc1cccc2cn[nH]c12. The van der Waals surface area contributed by atoms with Crippen LogP contribution in [0.25, 0.3) is 10.9 Å². The van der Waals surface area contributed by atoms with E-state index in [-0.39, 0.29) is 0 Å². The maximum absolute atomic E-state index is 5.53. The van der Waals surface area contributed by atoms with Crippen LogP contribution in [0.2, 0.25) is 0 Å². The van der Waals surface area contributed by atoms with E-state index < -0.39 is 0 Å². The first-order chi connectivity index (χ1) is 5.42. The van der Waals surface area contributed by atoms with Gasteiger partial charge in [0.25, 0.3) is 0 Å². The predicted octanol–water partition coefficient (Wildman–Crippen LogP) is 1.02. The molecule has 0 saturated carbocycles. The second-order valence-electron chi connectivity index (χ2n) is 2.46. The van der Waals surface area contributed by atoms with Crippen molar-refractivity contribution in [2.75, 3.05) is 0 Å². The first-order valence-electron chi connectivity index (χ1n) is 3.53. The third kappa shape index (κ3) is 0.897. The molecule has 1 heterocycles. The second-order valence-corrected chi connectivity index (χ2v) is 2.46. The Morgan fingerprint density at radius 2 is 2.36 bits per heavy atom. The number of para-hydroxylation sites is 1. The molecular formula is C8H9N3. The van der Waals surface area contributed by atoms with Crippen LogP contribution in [-0.4, -0.2) is 10.2 Å². The van der Waals surface area contributed by atoms with Crippen molar-refractivity contribution in [2.24, 2.45) is 5.73 Å². The van der Waals surface area contributed by atoms with Crippen molar-refractivity contribution in [3.05, 3.63) is 30.0 Å². The molecule has 56 valence electrons. The Hall–Kier alpha value is -1.35. The number of nitrogens with zero attached hydrogens (tertiary/aromatic N) is 1. The largest absolute Gasteiger partial charge is 0.326 e. The minimum Gasteiger partial charge on any atom is -0.326 e. The van der Waals surface area contributed by atoms with E-state index in [2.05, 4.69) is 10.2 Å². The molecule has 0 unspecified atom stereocenters. The number of nitrogens with two attached hydrogens (primary N) is 1. The minimum atomic E-state index is 0.555. The smallest absolute Gasteiger partial charge is 0.0695 e. The molecule has 3 nitrogen and oxygen atoms in total. The Morgan fingerprint density at radius 1 is 1.45 bits per heavy atom. The van der Waals surface area contributed by atoms with Gasteiger partial charge in [-0.25, -0.2) is 0 Å². The van der Waals surface area contributed by atoms with Gasteiger partial charge in [-0.15, -0.1) is 0 Å². The standard InChI is InChI=1S/C8H9N3/c9-4-6-2-1-3-7-5-10-11-8(6)7/h1-3,5H,4,9H2,(H,10,11). The van der Waals surface area contributed by atoms with Crippen molar-refractivity contribution in [3.8, 4) is 0 Å². The van der Waals surface area contributed by atoms with Crippen LogP contribution in [-0.2, 0) is 6.54 Å². The molecule has 0 fully saturated rings. The molecule has 3 N–H and O–H groups in total. The van der Waals surface area contributed by atoms with Crippen LogP contribution < -0.4 is 5.73 Å². The highest BCUT2D eigenvalue weighted by Crippen LogP contribution is 2.14. The van der Waals surface area contributed by atoms with Crippen molar-refractivity contribution in [3.63, 3.8) is 0 Å². The maximum atomic E-state index is 5.53. The number of aromatic amines is 1. The van der Waals surface area contributed by atoms with Crippen LogP contribution >= 0.6 is 0 Å². The Bertz CT molecular complexity index is 364. The zero-order chi connectivity index (χ0) is 7.68. The molecule has 1 aromatic carbocycles. The molecule has 2 rings (SSSR count). The lowest BCUT2D eigenvalue weighted by atomic mass is 10.1. The summed E-state index contributed by atoms with van der Waals surface area (Å²) in [6.07, 6.45) is 1.80. The number of benzene rings is 1. The highest BCUT2D eigenvalue weighted by atomic mass is 15.1. The van der Waals surface area contributed by atoms with Crippen LogP contribution in [0.3, 0.4) is 0 Å². The lowest BCUT2D eigenvalue weighted by Crippen LogP contribution is -1.96. The van der Waals surface area contributed by atoms with E-state index in [1.807, 2.05) is 18.2 Å². The number of aromatic nitrogens is 2. The zero-order valence-corrected chi connectivity index (χ0v) is 6.04. The molecule has 1 aromatic heterocycles. The normalized spacial score (nSPS) is 10.6. The highest BCUT2D eigenvalue weighted by molar-refractivity contribution is 5.80. The first kappa shape index (κ1) is 6.37. The van der Waals surface area contributed by atoms with Gasteiger partial charge in [0.1, 0.15) is 0 Å². The van der Waals surface area contributed by atoms with Gasteiger partial charge in [-0.1, -0.05) is 18.2 Å². The average molecular weight is 147 g/mol. The lowest BCUT2D eigenvalue weighted by Gasteiger charge is -1.95. The van der Waals surface area contributed by atoms with Gasteiger partial charge in [0.15, 0.2) is 0 Å². The van der Waals surface area contributed by atoms with Crippen molar-refractivity contribution >= 4 is 10.9 Å². The summed E-state index contributed by atoms with van der Waals surface area (Å²) in [4.78, 5) is 0. The van der Waals surface area contributed by atoms with E-state index in [1.54, 1.807) is 6.20 Å². The van der Waals surface area contributed by atoms with Gasteiger partial charge in [-0.05, 0) is 5.56 Å². The average Bonchev–Trinajstić information content (AvgIpc) is 2.50. The zero-order valence-electron chi connectivity index (χ0n) is 6.04. The monoisotopic (exact) mass is 147 g/mol. The van der Waals surface area contributed by atoms with Gasteiger partial charge in [0.2, 0.25) is 0 Å². The van der Waals surface area contributed by atoms with Crippen molar-refractivity contribution in [2.45, 2.75) is 6.54 Å². The Balaban J connectivity index is 2.79. The van der Waals surface area contributed by atoms with Crippen molar-refractivity contribution in [1.29, 1.82) is 0 Å². The van der Waals surface area contributed by atoms with E-state index >= 15 is 0 Å². The summed E-state index contributed by atoms with van der Waals surface area (Å²) in [7, 11) is 0. The molecule has 3 heteroatoms. The molecule has 0 bridgehead atoms. The van der Waals surface area contributed by atoms with Crippen LogP contribution in [0.1, 0.15) is 5.56 Å². The summed E-state index contributed by atoms with van der Waals surface area (Å²) in [6.45, 7) is 0.555. The molecular weight excluding hydrogens is 138 g/mol. The van der Waals surface area contributed by atoms with E-state index in [9.17, 15) is 0 Å². The van der Waals surface area contributed by atoms with E-state index in [0.29, 0.717) is 6.54 Å². The van der Waals surface area contributed by atoms with Gasteiger partial charge in [-0.2, -0.15) is 5.10 Å².